The number of Topliss-reactive ketones (excluding diaryl/α,β-unsaturated/α-hetero) is 1. The van der Waals surface area contributed by atoms with Crippen molar-refractivity contribution in [2.24, 2.45) is 0 Å². The van der Waals surface area contributed by atoms with Crippen LogP contribution in [-0.4, -0.2) is 67.3 Å². The van der Waals surface area contributed by atoms with E-state index in [4.69, 9.17) is 9.47 Å². The van der Waals surface area contributed by atoms with Crippen LogP contribution in [0, 0.1) is 0 Å². The monoisotopic (exact) mass is 441 g/mol. The summed E-state index contributed by atoms with van der Waals surface area (Å²) >= 11 is 0. The second-order valence-electron chi connectivity index (χ2n) is 7.72. The van der Waals surface area contributed by atoms with Gasteiger partial charge in [0.25, 0.3) is 0 Å². The lowest BCUT2D eigenvalue weighted by atomic mass is 9.77. The number of carbonyl (C=O) groups excluding carboxylic acids is 2. The van der Waals surface area contributed by atoms with Gasteiger partial charge in [0.2, 0.25) is 0 Å². The Morgan fingerprint density at radius 2 is 2.00 bits per heavy atom. The maximum absolute atomic E-state index is 12.6. The Bertz CT molecular complexity index is 840. The molecule has 0 saturated carbocycles. The van der Waals surface area contributed by atoms with Gasteiger partial charge in [-0.1, -0.05) is 26.7 Å². The molecule has 2 rings (SSSR count). The molecule has 2 heterocycles. The number of amides is 1. The predicted molar refractivity (Wildman–Crippen MR) is 109 cm³/mol. The Labute approximate surface area is 180 Å². The van der Waals surface area contributed by atoms with Gasteiger partial charge in [-0.25, -0.2) is 9.59 Å². The van der Waals surface area contributed by atoms with Crippen LogP contribution in [-0.2, 0) is 14.3 Å². The van der Waals surface area contributed by atoms with E-state index in [0.717, 1.165) is 30.8 Å². The summed E-state index contributed by atoms with van der Waals surface area (Å²) < 4.78 is 11.4. The van der Waals surface area contributed by atoms with E-state index in [-0.39, 0.29) is 18.8 Å². The minimum absolute atomic E-state index is 0.0460. The van der Waals surface area contributed by atoms with Crippen LogP contribution in [0.15, 0.2) is 17.1 Å². The number of aromatic nitrogens is 2. The lowest BCUT2D eigenvalue weighted by Gasteiger charge is -2.36. The second kappa shape index (κ2) is 10.3. The van der Waals surface area contributed by atoms with E-state index in [1.165, 1.54) is 12.3 Å². The number of aliphatic hydroxyl groups excluding tert-OH is 1. The van der Waals surface area contributed by atoms with Gasteiger partial charge in [-0.3, -0.25) is 14.7 Å². The maximum atomic E-state index is 12.6. The fourth-order valence-electron chi connectivity index (χ4n) is 3.61. The van der Waals surface area contributed by atoms with Crippen molar-refractivity contribution in [3.8, 4) is 0 Å². The maximum Gasteiger partial charge on any atom is 0.412 e. The molecule has 1 saturated heterocycles. The number of unbranched alkanes of at least 4 members (excludes halogenated alkanes) is 2. The smallest absolute Gasteiger partial charge is 0.412 e. The summed E-state index contributed by atoms with van der Waals surface area (Å²) in [6.45, 7) is 4.40. The number of rotatable bonds is 10. The molecular weight excluding hydrogens is 410 g/mol. The highest BCUT2D eigenvalue weighted by atomic mass is 16.6. The van der Waals surface area contributed by atoms with Crippen molar-refractivity contribution in [3.63, 3.8) is 0 Å². The van der Waals surface area contributed by atoms with Crippen molar-refractivity contribution in [1.82, 2.24) is 9.55 Å². The lowest BCUT2D eigenvalue weighted by molar-refractivity contribution is -0.171. The Morgan fingerprint density at radius 3 is 2.58 bits per heavy atom. The first-order valence-corrected chi connectivity index (χ1v) is 10.4. The van der Waals surface area contributed by atoms with E-state index in [2.05, 4.69) is 10.3 Å². The number of carbonyl (C=O) groups is 2. The molecule has 0 aromatic carbocycles. The third-order valence-corrected chi connectivity index (χ3v) is 5.37. The van der Waals surface area contributed by atoms with Gasteiger partial charge in [0.1, 0.15) is 17.5 Å². The average Bonchev–Trinajstić information content (AvgIpc) is 2.92. The number of ketones is 1. The molecule has 1 aromatic rings. The standard InChI is InChI=1S/C20H31N3O8/c1-4-6-7-11-30-18(27)22-15-9-10-23(17(26)21-15)16-19(3,28)20(29,13(25)8-5-2)14(12-24)31-16/h9-10,14,16,24,28-29H,4-8,11-12H2,1-3H3,(H,21,22,26,27)/t14-,16-,19+,20-/m1/s1. The number of nitrogens with one attached hydrogen (secondary N) is 1. The van der Waals surface area contributed by atoms with Gasteiger partial charge < -0.3 is 24.8 Å². The Hall–Kier alpha value is -2.34. The number of nitrogens with zero attached hydrogens (tertiary/aromatic N) is 2. The predicted octanol–water partition coefficient (Wildman–Crippen LogP) is 0.723. The van der Waals surface area contributed by atoms with E-state index < -0.39 is 47.7 Å². The molecule has 1 fully saturated rings. The van der Waals surface area contributed by atoms with E-state index in [0.29, 0.717) is 6.42 Å². The Kier molecular flexibility index (Phi) is 8.29. The van der Waals surface area contributed by atoms with Crippen LogP contribution in [0.1, 0.15) is 59.1 Å². The molecule has 0 spiro atoms. The van der Waals surface area contributed by atoms with Crippen LogP contribution < -0.4 is 11.0 Å². The normalized spacial score (nSPS) is 27.8. The highest BCUT2D eigenvalue weighted by Gasteiger charge is 2.67. The Morgan fingerprint density at radius 1 is 1.29 bits per heavy atom. The average molecular weight is 441 g/mol. The lowest BCUT2D eigenvalue weighted by Crippen LogP contribution is -2.62. The van der Waals surface area contributed by atoms with E-state index in [1.54, 1.807) is 6.92 Å². The number of ether oxygens (including phenoxy) is 2. The fourth-order valence-corrected chi connectivity index (χ4v) is 3.61. The summed E-state index contributed by atoms with van der Waals surface area (Å²) in [5.41, 5.74) is -5.55. The van der Waals surface area contributed by atoms with Crippen LogP contribution >= 0.6 is 0 Å². The first-order valence-electron chi connectivity index (χ1n) is 10.4. The minimum atomic E-state index is -2.42. The van der Waals surface area contributed by atoms with Crippen molar-refractivity contribution in [2.45, 2.75) is 76.4 Å². The number of anilines is 1. The molecule has 0 aliphatic carbocycles. The third kappa shape index (κ3) is 4.95. The van der Waals surface area contributed by atoms with Gasteiger partial charge in [0, 0.05) is 12.6 Å². The van der Waals surface area contributed by atoms with Gasteiger partial charge >= 0.3 is 11.8 Å². The molecule has 1 amide bonds. The molecule has 0 radical (unpaired) electrons. The van der Waals surface area contributed by atoms with Crippen molar-refractivity contribution in [3.05, 3.63) is 22.7 Å². The quantitative estimate of drug-likeness (QED) is 0.384. The summed E-state index contributed by atoms with van der Waals surface area (Å²) in [5, 5.41) is 34.0. The van der Waals surface area contributed by atoms with Gasteiger partial charge in [0.05, 0.1) is 13.2 Å². The number of aliphatic hydroxyl groups is 3. The molecule has 1 aliphatic heterocycles. The largest absolute Gasteiger partial charge is 0.449 e. The first kappa shape index (κ1) is 24.9. The molecule has 174 valence electrons. The van der Waals surface area contributed by atoms with E-state index in [1.807, 2.05) is 6.92 Å². The first-order chi connectivity index (χ1) is 14.6. The topological polar surface area (TPSA) is 160 Å². The van der Waals surface area contributed by atoms with Crippen molar-refractivity contribution < 1.29 is 34.4 Å². The molecule has 4 N–H and O–H groups in total. The molecular formula is C20H31N3O8. The van der Waals surface area contributed by atoms with Gasteiger partial charge in [-0.15, -0.1) is 0 Å². The number of hydrogen-bond acceptors (Lipinski definition) is 9. The SMILES string of the molecule is CCCCCOC(=O)Nc1ccn([C@@H]2O[C@H](CO)[C@](O)(C(=O)CCC)[C@@]2(C)O)c(=O)n1. The molecule has 1 aliphatic rings. The zero-order valence-electron chi connectivity index (χ0n) is 18.0. The van der Waals surface area contributed by atoms with Crippen LogP contribution in [0.2, 0.25) is 0 Å². The zero-order valence-corrected chi connectivity index (χ0v) is 18.0. The summed E-state index contributed by atoms with van der Waals surface area (Å²) in [6.07, 6.45) is 0.500. The highest BCUT2D eigenvalue weighted by Crippen LogP contribution is 2.46. The van der Waals surface area contributed by atoms with E-state index in [9.17, 15) is 29.7 Å². The molecule has 1 aromatic heterocycles. The molecule has 0 unspecified atom stereocenters. The van der Waals surface area contributed by atoms with Crippen molar-refractivity contribution in [2.75, 3.05) is 18.5 Å². The zero-order chi connectivity index (χ0) is 23.2. The summed E-state index contributed by atoms with van der Waals surface area (Å²) in [6, 6.07) is 1.29. The van der Waals surface area contributed by atoms with E-state index >= 15 is 0 Å². The fraction of sp³-hybridized carbons (Fsp3) is 0.700. The van der Waals surface area contributed by atoms with Crippen LogP contribution in [0.5, 0.6) is 0 Å². The molecule has 4 atom stereocenters. The van der Waals surface area contributed by atoms with Crippen LogP contribution in [0.25, 0.3) is 0 Å². The second-order valence-corrected chi connectivity index (χ2v) is 7.72. The van der Waals surface area contributed by atoms with Gasteiger partial charge in [-0.2, -0.15) is 4.98 Å². The van der Waals surface area contributed by atoms with Gasteiger partial charge in [-0.05, 0) is 25.8 Å². The minimum Gasteiger partial charge on any atom is -0.449 e. The molecule has 11 heteroatoms. The molecule has 0 bridgehead atoms. The Balaban J connectivity index is 2.22. The van der Waals surface area contributed by atoms with Crippen LogP contribution in [0.3, 0.4) is 0 Å². The highest BCUT2D eigenvalue weighted by molar-refractivity contribution is 5.89. The summed E-state index contributed by atoms with van der Waals surface area (Å²) in [7, 11) is 0. The molecule has 31 heavy (non-hydrogen) atoms. The molecule has 11 nitrogen and oxygen atoms in total. The third-order valence-electron chi connectivity index (χ3n) is 5.37. The summed E-state index contributed by atoms with van der Waals surface area (Å²) in [5.74, 6) is -0.776. The summed E-state index contributed by atoms with van der Waals surface area (Å²) in [4.78, 5) is 40.6. The van der Waals surface area contributed by atoms with Crippen molar-refractivity contribution >= 4 is 17.7 Å². The van der Waals surface area contributed by atoms with Crippen LogP contribution in [0.4, 0.5) is 10.6 Å². The number of hydrogen-bond donors (Lipinski definition) is 4. The van der Waals surface area contributed by atoms with Crippen molar-refractivity contribution in [1.29, 1.82) is 0 Å². The van der Waals surface area contributed by atoms with Gasteiger partial charge in [0.15, 0.2) is 17.6 Å².